The molecule has 1 N–H and O–H groups in total. The van der Waals surface area contributed by atoms with E-state index in [1.165, 1.54) is 0 Å². The summed E-state index contributed by atoms with van der Waals surface area (Å²) in [6.07, 6.45) is 3.99. The summed E-state index contributed by atoms with van der Waals surface area (Å²) in [5, 5.41) is 3.14. The molecule has 3 rings (SSSR count). The Hall–Kier alpha value is -1.81. The molecule has 0 aliphatic heterocycles. The molecular weight excluding hydrogens is 366 g/mol. The summed E-state index contributed by atoms with van der Waals surface area (Å²) >= 11 is 3.53. The number of hydrogen-bond acceptors (Lipinski definition) is 2. The highest BCUT2D eigenvalue weighted by atomic mass is 79.9. The fourth-order valence-electron chi connectivity index (χ4n) is 3.61. The highest BCUT2D eigenvalue weighted by molar-refractivity contribution is 9.10. The van der Waals surface area contributed by atoms with E-state index in [1.54, 1.807) is 7.11 Å². The van der Waals surface area contributed by atoms with Gasteiger partial charge in [-0.05, 0) is 36.6 Å². The summed E-state index contributed by atoms with van der Waals surface area (Å²) in [4.78, 5) is 13.1. The molecule has 126 valence electrons. The molecule has 0 bridgehead atoms. The molecule has 1 saturated carbocycles. The van der Waals surface area contributed by atoms with E-state index in [4.69, 9.17) is 4.74 Å². The van der Waals surface area contributed by atoms with E-state index in [1.807, 2.05) is 36.4 Å². The van der Waals surface area contributed by atoms with Crippen molar-refractivity contribution in [1.82, 2.24) is 5.32 Å². The van der Waals surface area contributed by atoms with Gasteiger partial charge in [-0.25, -0.2) is 0 Å². The minimum Gasteiger partial charge on any atom is -0.496 e. The van der Waals surface area contributed by atoms with Gasteiger partial charge in [0, 0.05) is 16.6 Å². The Labute approximate surface area is 151 Å². The van der Waals surface area contributed by atoms with Crippen molar-refractivity contribution >= 4 is 21.8 Å². The van der Waals surface area contributed by atoms with Gasteiger partial charge in [0.15, 0.2) is 0 Å². The fraction of sp³-hybridized carbons (Fsp3) is 0.350. The van der Waals surface area contributed by atoms with Crippen molar-refractivity contribution in [2.45, 2.75) is 37.6 Å². The Morgan fingerprint density at radius 3 is 2.62 bits per heavy atom. The quantitative estimate of drug-likeness (QED) is 0.814. The molecule has 0 spiro atoms. The van der Waals surface area contributed by atoms with Crippen molar-refractivity contribution in [3.63, 3.8) is 0 Å². The zero-order valence-electron chi connectivity index (χ0n) is 13.8. The summed E-state index contributed by atoms with van der Waals surface area (Å²) in [5.74, 6) is 0.921. The average Bonchev–Trinajstić information content (AvgIpc) is 3.11. The van der Waals surface area contributed by atoms with Crippen LogP contribution >= 0.6 is 15.9 Å². The molecule has 24 heavy (non-hydrogen) atoms. The molecule has 1 aliphatic rings. The lowest BCUT2D eigenvalue weighted by molar-refractivity contribution is -0.126. The standard InChI is InChI=1S/C20H22BrNO2/c1-24-18-10-3-2-7-15(18)14-22-19(23)20(11-4-5-12-20)16-8-6-9-17(21)13-16/h2-3,6-10,13H,4-5,11-12,14H2,1H3,(H,22,23). The number of nitrogens with one attached hydrogen (secondary N) is 1. The Morgan fingerprint density at radius 1 is 1.17 bits per heavy atom. The number of amides is 1. The number of hydrogen-bond donors (Lipinski definition) is 1. The van der Waals surface area contributed by atoms with Crippen LogP contribution in [0, 0.1) is 0 Å². The third-order valence-corrected chi connectivity index (χ3v) is 5.39. The molecule has 1 aliphatic carbocycles. The smallest absolute Gasteiger partial charge is 0.230 e. The second-order valence-electron chi connectivity index (χ2n) is 6.29. The number of rotatable bonds is 5. The van der Waals surface area contributed by atoms with Gasteiger partial charge in [-0.15, -0.1) is 0 Å². The van der Waals surface area contributed by atoms with Crippen LogP contribution in [0.25, 0.3) is 0 Å². The van der Waals surface area contributed by atoms with Gasteiger partial charge in [-0.1, -0.05) is 59.1 Å². The molecule has 0 unspecified atom stereocenters. The van der Waals surface area contributed by atoms with Crippen molar-refractivity contribution in [2.75, 3.05) is 7.11 Å². The summed E-state index contributed by atoms with van der Waals surface area (Å²) in [7, 11) is 1.65. The number of halogens is 1. The average molecular weight is 388 g/mol. The van der Waals surface area contributed by atoms with E-state index >= 15 is 0 Å². The van der Waals surface area contributed by atoms with Crippen molar-refractivity contribution < 1.29 is 9.53 Å². The van der Waals surface area contributed by atoms with Crippen LogP contribution in [0.3, 0.4) is 0 Å². The highest BCUT2D eigenvalue weighted by Gasteiger charge is 2.42. The third kappa shape index (κ3) is 3.34. The maximum Gasteiger partial charge on any atom is 0.230 e. The zero-order chi connectivity index (χ0) is 17.0. The van der Waals surface area contributed by atoms with Gasteiger partial charge in [0.1, 0.15) is 5.75 Å². The summed E-state index contributed by atoms with van der Waals surface area (Å²) in [5.41, 5.74) is 1.69. The van der Waals surface area contributed by atoms with Crippen LogP contribution in [0.15, 0.2) is 53.0 Å². The molecule has 4 heteroatoms. The van der Waals surface area contributed by atoms with Crippen LogP contribution in [-0.2, 0) is 16.8 Å². The topological polar surface area (TPSA) is 38.3 Å². The van der Waals surface area contributed by atoms with Gasteiger partial charge in [0.2, 0.25) is 5.91 Å². The Balaban J connectivity index is 1.81. The van der Waals surface area contributed by atoms with Gasteiger partial charge >= 0.3 is 0 Å². The number of ether oxygens (including phenoxy) is 1. The monoisotopic (exact) mass is 387 g/mol. The fourth-order valence-corrected chi connectivity index (χ4v) is 4.00. The van der Waals surface area contributed by atoms with Gasteiger partial charge in [-0.2, -0.15) is 0 Å². The molecule has 1 fully saturated rings. The molecule has 3 nitrogen and oxygen atoms in total. The molecule has 2 aromatic carbocycles. The minimum atomic E-state index is -0.411. The molecule has 0 radical (unpaired) electrons. The Bertz CT molecular complexity index is 723. The predicted octanol–water partition coefficient (Wildman–Crippen LogP) is 4.59. The van der Waals surface area contributed by atoms with E-state index in [-0.39, 0.29) is 5.91 Å². The number of benzene rings is 2. The van der Waals surface area contributed by atoms with Crippen molar-refractivity contribution in [1.29, 1.82) is 0 Å². The van der Waals surface area contributed by atoms with E-state index in [0.717, 1.165) is 47.0 Å². The van der Waals surface area contributed by atoms with Crippen LogP contribution < -0.4 is 10.1 Å². The molecule has 0 aromatic heterocycles. The molecular formula is C20H22BrNO2. The van der Waals surface area contributed by atoms with Crippen molar-refractivity contribution in [2.24, 2.45) is 0 Å². The largest absolute Gasteiger partial charge is 0.496 e. The second kappa shape index (κ2) is 7.39. The number of para-hydroxylation sites is 1. The first kappa shape index (κ1) is 17.0. The number of carbonyl (C=O) groups excluding carboxylic acids is 1. The van der Waals surface area contributed by atoms with E-state index in [0.29, 0.717) is 6.54 Å². The summed E-state index contributed by atoms with van der Waals surface area (Å²) < 4.78 is 6.39. The lowest BCUT2D eigenvalue weighted by atomic mass is 9.78. The minimum absolute atomic E-state index is 0.115. The molecule has 1 amide bonds. The second-order valence-corrected chi connectivity index (χ2v) is 7.21. The van der Waals surface area contributed by atoms with E-state index in [9.17, 15) is 4.79 Å². The van der Waals surface area contributed by atoms with Crippen LogP contribution in [0.4, 0.5) is 0 Å². The van der Waals surface area contributed by atoms with Gasteiger partial charge < -0.3 is 10.1 Å². The van der Waals surface area contributed by atoms with Gasteiger partial charge in [0.05, 0.1) is 12.5 Å². The van der Waals surface area contributed by atoms with Crippen LogP contribution in [-0.4, -0.2) is 13.0 Å². The van der Waals surface area contributed by atoms with E-state index in [2.05, 4.69) is 33.4 Å². The van der Waals surface area contributed by atoms with Crippen LogP contribution in [0.5, 0.6) is 5.75 Å². The van der Waals surface area contributed by atoms with E-state index < -0.39 is 5.41 Å². The highest BCUT2D eigenvalue weighted by Crippen LogP contribution is 2.42. The lowest BCUT2D eigenvalue weighted by Gasteiger charge is -2.28. The maximum absolute atomic E-state index is 13.1. The molecule has 2 aromatic rings. The zero-order valence-corrected chi connectivity index (χ0v) is 15.4. The number of methoxy groups -OCH3 is 1. The van der Waals surface area contributed by atoms with Crippen LogP contribution in [0.1, 0.15) is 36.8 Å². The first-order chi connectivity index (χ1) is 11.7. The van der Waals surface area contributed by atoms with Crippen molar-refractivity contribution in [3.05, 3.63) is 64.1 Å². The third-order valence-electron chi connectivity index (χ3n) is 4.90. The normalized spacial score (nSPS) is 15.9. The lowest BCUT2D eigenvalue weighted by Crippen LogP contribution is -2.42. The van der Waals surface area contributed by atoms with Gasteiger partial charge in [-0.3, -0.25) is 4.79 Å². The Kier molecular flexibility index (Phi) is 5.24. The Morgan fingerprint density at radius 2 is 1.92 bits per heavy atom. The van der Waals surface area contributed by atoms with Crippen LogP contribution in [0.2, 0.25) is 0 Å². The summed E-state index contributed by atoms with van der Waals surface area (Å²) in [6.45, 7) is 0.485. The molecule has 0 heterocycles. The first-order valence-corrected chi connectivity index (χ1v) is 9.11. The predicted molar refractivity (Wildman–Crippen MR) is 99.1 cm³/mol. The first-order valence-electron chi connectivity index (χ1n) is 8.32. The SMILES string of the molecule is COc1ccccc1CNC(=O)C1(c2cccc(Br)c2)CCCC1. The molecule has 0 saturated heterocycles. The van der Waals surface area contributed by atoms with Gasteiger partial charge in [0.25, 0.3) is 0 Å². The van der Waals surface area contributed by atoms with Crippen molar-refractivity contribution in [3.8, 4) is 5.75 Å². The maximum atomic E-state index is 13.1. The molecule has 0 atom stereocenters. The summed E-state index contributed by atoms with van der Waals surface area (Å²) in [6, 6.07) is 16.0. The number of carbonyl (C=O) groups is 1.